The highest BCUT2D eigenvalue weighted by Gasteiger charge is 2.41. The van der Waals surface area contributed by atoms with Crippen LogP contribution in [0.2, 0.25) is 0 Å². The highest BCUT2D eigenvalue weighted by atomic mass is 19.1. The van der Waals surface area contributed by atoms with E-state index >= 15 is 4.39 Å². The summed E-state index contributed by atoms with van der Waals surface area (Å²) in [4.78, 5) is 48.0. The highest BCUT2D eigenvalue weighted by Crippen LogP contribution is 2.35. The summed E-state index contributed by atoms with van der Waals surface area (Å²) in [5.41, 5.74) is -1.30. The number of amidine groups is 1. The molecule has 12 nitrogen and oxygen atoms in total. The van der Waals surface area contributed by atoms with E-state index in [0.29, 0.717) is 10.5 Å². The van der Waals surface area contributed by atoms with Crippen LogP contribution in [0.3, 0.4) is 0 Å². The Hall–Kier alpha value is -5.01. The van der Waals surface area contributed by atoms with Crippen molar-refractivity contribution in [2.75, 3.05) is 25.6 Å². The summed E-state index contributed by atoms with van der Waals surface area (Å²) in [6.07, 6.45) is 7.09. The van der Waals surface area contributed by atoms with Gasteiger partial charge in [-0.1, -0.05) is 0 Å². The standard InChI is InChI=1S/C29H34FN5O7.C2H2/c1-28(2,3)41-26(37)35(27(38)42-29(4,5)6)25-34-23(18(15-39-7)16-40-25)20-12-19(9-10-21(20)30)33-24(36)22-11-8-17(13-31)14-32-22;1-2/h8-12,14,18,23H,15-16H2,1-7H3,(H,33,36);1-2H/t18-,23?;/m0./s1. The number of hydrogen-bond acceptors (Lipinski definition) is 10. The van der Waals surface area contributed by atoms with E-state index < -0.39 is 53.1 Å². The molecule has 0 radical (unpaired) electrons. The van der Waals surface area contributed by atoms with Crippen molar-refractivity contribution in [2.45, 2.75) is 58.8 Å². The van der Waals surface area contributed by atoms with Crippen LogP contribution in [-0.2, 0) is 18.9 Å². The predicted molar refractivity (Wildman–Crippen MR) is 159 cm³/mol. The van der Waals surface area contributed by atoms with Gasteiger partial charge in [-0.25, -0.2) is 24.0 Å². The molecule has 3 rings (SSSR count). The molecular formula is C31H36FN5O7. The van der Waals surface area contributed by atoms with Crippen molar-refractivity contribution in [3.63, 3.8) is 0 Å². The van der Waals surface area contributed by atoms with Gasteiger partial charge in [-0.2, -0.15) is 5.26 Å². The van der Waals surface area contributed by atoms with Crippen LogP contribution in [-0.4, -0.2) is 65.5 Å². The third kappa shape index (κ3) is 9.78. The number of halogens is 1. The number of terminal acetylenes is 1. The van der Waals surface area contributed by atoms with E-state index in [1.165, 1.54) is 37.6 Å². The maximum atomic E-state index is 15.3. The van der Waals surface area contributed by atoms with Crippen LogP contribution in [0.4, 0.5) is 19.7 Å². The number of amides is 3. The zero-order chi connectivity index (χ0) is 33.2. The van der Waals surface area contributed by atoms with Crippen molar-refractivity contribution in [3.8, 4) is 18.9 Å². The number of nitrogens with one attached hydrogen (secondary N) is 1. The summed E-state index contributed by atoms with van der Waals surface area (Å²) in [5.74, 6) is -1.76. The molecule has 0 aliphatic carbocycles. The van der Waals surface area contributed by atoms with Crippen LogP contribution < -0.4 is 5.32 Å². The molecule has 3 amide bonds. The van der Waals surface area contributed by atoms with Crippen LogP contribution in [0.15, 0.2) is 41.5 Å². The molecule has 0 bridgehead atoms. The number of ether oxygens (including phenoxy) is 4. The summed E-state index contributed by atoms with van der Waals surface area (Å²) in [6.45, 7) is 9.77. The molecular weight excluding hydrogens is 573 g/mol. The van der Waals surface area contributed by atoms with Crippen LogP contribution in [0.5, 0.6) is 0 Å². The van der Waals surface area contributed by atoms with Gasteiger partial charge in [0, 0.05) is 30.5 Å². The predicted octanol–water partition coefficient (Wildman–Crippen LogP) is 5.46. The van der Waals surface area contributed by atoms with Crippen molar-refractivity contribution in [3.05, 3.63) is 59.2 Å². The Balaban J connectivity index is 0.00000330. The van der Waals surface area contributed by atoms with Gasteiger partial charge in [0.05, 0.1) is 24.8 Å². The van der Waals surface area contributed by atoms with E-state index in [2.05, 4.69) is 28.1 Å². The molecule has 0 saturated carbocycles. The zero-order valence-electron chi connectivity index (χ0n) is 25.7. The number of anilines is 1. The average Bonchev–Trinajstić information content (AvgIpc) is 2.94. The van der Waals surface area contributed by atoms with Gasteiger partial charge in [0.2, 0.25) is 0 Å². The van der Waals surface area contributed by atoms with Gasteiger partial charge >= 0.3 is 18.2 Å². The molecule has 2 heterocycles. The second-order valence-electron chi connectivity index (χ2n) is 11.4. The van der Waals surface area contributed by atoms with E-state index in [1.807, 2.05) is 6.07 Å². The number of rotatable bonds is 5. The lowest BCUT2D eigenvalue weighted by Crippen LogP contribution is -2.49. The molecule has 1 aromatic heterocycles. The smallest absolute Gasteiger partial charge is 0.428 e. The number of pyridine rings is 1. The molecule has 0 saturated heterocycles. The number of hydrogen-bond donors (Lipinski definition) is 1. The maximum absolute atomic E-state index is 15.3. The van der Waals surface area contributed by atoms with Gasteiger partial charge in [-0.05, 0) is 71.9 Å². The molecule has 44 heavy (non-hydrogen) atoms. The summed E-state index contributed by atoms with van der Waals surface area (Å²) < 4.78 is 37.1. The first-order valence-electron chi connectivity index (χ1n) is 13.4. The highest BCUT2D eigenvalue weighted by molar-refractivity contribution is 6.06. The number of carbonyl (C=O) groups is 3. The molecule has 1 unspecified atom stereocenters. The summed E-state index contributed by atoms with van der Waals surface area (Å²) in [6, 6.07) is 7.25. The fourth-order valence-electron chi connectivity index (χ4n) is 3.82. The van der Waals surface area contributed by atoms with Gasteiger partial charge in [0.1, 0.15) is 28.8 Å². The summed E-state index contributed by atoms with van der Waals surface area (Å²) >= 11 is 0. The number of methoxy groups -OCH3 is 1. The maximum Gasteiger partial charge on any atom is 0.428 e. The Morgan fingerprint density at radius 3 is 2.20 bits per heavy atom. The largest absolute Gasteiger partial charge is 0.464 e. The monoisotopic (exact) mass is 609 g/mol. The summed E-state index contributed by atoms with van der Waals surface area (Å²) in [7, 11) is 1.46. The fourth-order valence-corrected chi connectivity index (χ4v) is 3.82. The average molecular weight is 610 g/mol. The number of carbonyl (C=O) groups excluding carboxylic acids is 3. The quantitative estimate of drug-likeness (QED) is 0.436. The zero-order valence-corrected chi connectivity index (χ0v) is 25.7. The molecule has 1 aliphatic heterocycles. The van der Waals surface area contributed by atoms with Gasteiger partial charge < -0.3 is 24.3 Å². The van der Waals surface area contributed by atoms with Crippen LogP contribution in [0.1, 0.15) is 69.2 Å². The van der Waals surface area contributed by atoms with Crippen molar-refractivity contribution in [1.29, 1.82) is 5.26 Å². The number of imide groups is 1. The Morgan fingerprint density at radius 2 is 1.70 bits per heavy atom. The minimum absolute atomic E-state index is 0.0499. The van der Waals surface area contributed by atoms with Crippen molar-refractivity contribution in [1.82, 2.24) is 9.88 Å². The minimum atomic E-state index is -1.09. The molecule has 2 aromatic rings. The van der Waals surface area contributed by atoms with E-state index in [-0.39, 0.29) is 30.2 Å². The van der Waals surface area contributed by atoms with Crippen LogP contribution in [0.25, 0.3) is 0 Å². The number of nitriles is 1. The van der Waals surface area contributed by atoms with Gasteiger partial charge in [-0.15, -0.1) is 17.7 Å². The topological polar surface area (TPSA) is 152 Å². The number of aliphatic imine (C=N–C) groups is 1. The van der Waals surface area contributed by atoms with E-state index in [4.69, 9.17) is 24.2 Å². The lowest BCUT2D eigenvalue weighted by molar-refractivity contribution is 0.00583. The first-order valence-corrected chi connectivity index (χ1v) is 13.4. The lowest BCUT2D eigenvalue weighted by Gasteiger charge is -2.34. The molecule has 2 atom stereocenters. The molecule has 13 heteroatoms. The van der Waals surface area contributed by atoms with E-state index in [1.54, 1.807) is 41.5 Å². The second kappa shape index (κ2) is 14.9. The SMILES string of the molecule is C#C.COC[C@H]1COC(N(C(=O)OC(C)(C)C)C(=O)OC(C)(C)C)=NC1c1cc(NC(=O)c2ccc(C#N)cn2)ccc1F. The Kier molecular flexibility index (Phi) is 11.9. The van der Waals surface area contributed by atoms with Crippen molar-refractivity contribution in [2.24, 2.45) is 10.9 Å². The van der Waals surface area contributed by atoms with Crippen LogP contribution in [0, 0.1) is 35.9 Å². The molecule has 1 aliphatic rings. The molecule has 1 N–H and O–H groups in total. The molecule has 234 valence electrons. The Bertz CT molecular complexity index is 1410. The van der Waals surface area contributed by atoms with Gasteiger partial charge in [0.15, 0.2) is 0 Å². The van der Waals surface area contributed by atoms with Gasteiger partial charge in [0.25, 0.3) is 5.91 Å². The van der Waals surface area contributed by atoms with Crippen LogP contribution >= 0.6 is 0 Å². The van der Waals surface area contributed by atoms with Gasteiger partial charge in [-0.3, -0.25) is 4.79 Å². The van der Waals surface area contributed by atoms with Crippen molar-refractivity contribution < 1.29 is 37.7 Å². The molecule has 1 aromatic carbocycles. The Morgan fingerprint density at radius 1 is 1.09 bits per heavy atom. The van der Waals surface area contributed by atoms with E-state index in [9.17, 15) is 14.4 Å². The van der Waals surface area contributed by atoms with E-state index in [0.717, 1.165) is 6.07 Å². The molecule has 0 spiro atoms. The normalized spacial score (nSPS) is 16.1. The lowest BCUT2D eigenvalue weighted by atomic mass is 9.93. The minimum Gasteiger partial charge on any atom is -0.464 e. The first kappa shape index (κ1) is 35.2. The first-order chi connectivity index (χ1) is 20.6. The number of nitrogens with zero attached hydrogens (tertiary/aromatic N) is 4. The third-order valence-corrected chi connectivity index (χ3v) is 5.54. The Labute approximate surface area is 256 Å². The third-order valence-electron chi connectivity index (χ3n) is 5.54. The molecule has 0 fully saturated rings. The second-order valence-corrected chi connectivity index (χ2v) is 11.4. The number of aromatic nitrogens is 1. The van der Waals surface area contributed by atoms with Crippen molar-refractivity contribution >= 4 is 29.8 Å². The number of benzene rings is 1. The fraction of sp³-hybridized carbons (Fsp3) is 0.419. The summed E-state index contributed by atoms with van der Waals surface area (Å²) in [5, 5.41) is 11.6.